The molecule has 0 spiro atoms. The summed E-state index contributed by atoms with van der Waals surface area (Å²) in [6.45, 7) is 4.24. The summed E-state index contributed by atoms with van der Waals surface area (Å²) in [6, 6.07) is 9.70. The van der Waals surface area contributed by atoms with Gasteiger partial charge in [-0.3, -0.25) is 9.36 Å². The monoisotopic (exact) mass is 298 g/mol. The van der Waals surface area contributed by atoms with Gasteiger partial charge >= 0.3 is 7.60 Å². The minimum atomic E-state index is -3.24. The molecule has 1 aromatic carbocycles. The van der Waals surface area contributed by atoms with E-state index in [9.17, 15) is 9.36 Å². The van der Waals surface area contributed by atoms with Crippen LogP contribution < -0.4 is 0 Å². The van der Waals surface area contributed by atoms with E-state index in [1.54, 1.807) is 0 Å². The molecule has 6 heteroatoms. The summed E-state index contributed by atoms with van der Waals surface area (Å²) in [5.74, 6) is 0.596. The van der Waals surface area contributed by atoms with Gasteiger partial charge in [0.25, 0.3) is 0 Å². The lowest BCUT2D eigenvalue weighted by atomic mass is 10.2. The highest BCUT2D eigenvalue weighted by atomic mass is 32.2. The van der Waals surface area contributed by atoms with Crippen LogP contribution in [0.4, 0.5) is 0 Å². The first-order valence-electron chi connectivity index (χ1n) is 5.87. The fraction of sp³-hybridized carbons (Fsp3) is 0.308. The second-order valence-corrected chi connectivity index (χ2v) is 7.23. The van der Waals surface area contributed by atoms with E-state index in [0.29, 0.717) is 19.0 Å². The van der Waals surface area contributed by atoms with E-state index in [0.717, 1.165) is 5.56 Å². The van der Waals surface area contributed by atoms with Crippen LogP contribution in [0.15, 0.2) is 42.2 Å². The number of hydrogen-bond donors (Lipinski definition) is 0. The van der Waals surface area contributed by atoms with E-state index in [1.807, 2.05) is 30.3 Å². The molecule has 1 saturated heterocycles. The van der Waals surface area contributed by atoms with Crippen molar-refractivity contribution < 1.29 is 18.4 Å². The van der Waals surface area contributed by atoms with Gasteiger partial charge in [-0.1, -0.05) is 48.7 Å². The van der Waals surface area contributed by atoms with Crippen molar-refractivity contribution in [3.8, 4) is 0 Å². The molecule has 0 unspecified atom stereocenters. The van der Waals surface area contributed by atoms with Gasteiger partial charge in [0.05, 0.1) is 13.2 Å². The van der Waals surface area contributed by atoms with Crippen molar-refractivity contribution >= 4 is 24.5 Å². The Hall–Kier alpha value is -0.870. The minimum Gasteiger partial charge on any atom is -0.303 e. The van der Waals surface area contributed by atoms with Crippen LogP contribution in [0.2, 0.25) is 0 Å². The maximum Gasteiger partial charge on any atom is 0.357 e. The molecule has 1 heterocycles. The van der Waals surface area contributed by atoms with E-state index in [-0.39, 0.29) is 16.9 Å². The Morgan fingerprint density at radius 3 is 2.53 bits per heavy atom. The molecule has 0 bridgehead atoms. The van der Waals surface area contributed by atoms with E-state index in [1.165, 1.54) is 11.8 Å². The normalized spacial score (nSPS) is 17.3. The Labute approximate surface area is 116 Å². The van der Waals surface area contributed by atoms with Gasteiger partial charge in [-0.2, -0.15) is 0 Å². The zero-order valence-electron chi connectivity index (χ0n) is 10.4. The fourth-order valence-corrected chi connectivity index (χ4v) is 3.90. The summed E-state index contributed by atoms with van der Waals surface area (Å²) in [4.78, 5) is 11.8. The molecule has 0 aromatic heterocycles. The average Bonchev–Trinajstić information content (AvgIpc) is 2.86. The molecule has 2 rings (SSSR count). The molecular weight excluding hydrogens is 283 g/mol. The van der Waals surface area contributed by atoms with Gasteiger partial charge in [0, 0.05) is 17.5 Å². The highest BCUT2D eigenvalue weighted by molar-refractivity contribution is 8.13. The Kier molecular flexibility index (Phi) is 4.99. The van der Waals surface area contributed by atoms with Gasteiger partial charge in [0.15, 0.2) is 5.12 Å². The van der Waals surface area contributed by atoms with Crippen molar-refractivity contribution in [1.29, 1.82) is 0 Å². The maximum absolute atomic E-state index is 12.0. The van der Waals surface area contributed by atoms with Crippen molar-refractivity contribution in [2.24, 2.45) is 0 Å². The van der Waals surface area contributed by atoms with Crippen molar-refractivity contribution in [3.05, 3.63) is 47.8 Å². The van der Waals surface area contributed by atoms with Gasteiger partial charge in [-0.25, -0.2) is 0 Å². The van der Waals surface area contributed by atoms with Gasteiger partial charge in [-0.15, -0.1) is 0 Å². The van der Waals surface area contributed by atoms with Gasteiger partial charge in [-0.05, 0) is 5.56 Å². The molecule has 0 N–H and O–H groups in total. The van der Waals surface area contributed by atoms with Crippen molar-refractivity contribution in [2.45, 2.75) is 12.2 Å². The Balaban J connectivity index is 1.81. The Bertz CT molecular complexity index is 505. The van der Waals surface area contributed by atoms with Gasteiger partial charge in [0.2, 0.25) is 0 Å². The van der Waals surface area contributed by atoms with Crippen LogP contribution in [0.3, 0.4) is 0 Å². The first-order valence-corrected chi connectivity index (χ1v) is 8.40. The average molecular weight is 298 g/mol. The number of hydrogen-bond acceptors (Lipinski definition) is 5. The second-order valence-electron chi connectivity index (χ2n) is 4.05. The summed E-state index contributed by atoms with van der Waals surface area (Å²) < 4.78 is 22.1. The third kappa shape index (κ3) is 4.05. The number of thioether (sulfide) groups is 1. The van der Waals surface area contributed by atoms with Crippen LogP contribution in [-0.2, 0) is 24.2 Å². The number of benzene rings is 1. The zero-order chi connectivity index (χ0) is 13.7. The Morgan fingerprint density at radius 2 is 1.89 bits per heavy atom. The van der Waals surface area contributed by atoms with E-state index in [4.69, 9.17) is 9.05 Å². The van der Waals surface area contributed by atoms with E-state index < -0.39 is 7.60 Å². The number of rotatable bonds is 5. The van der Waals surface area contributed by atoms with Crippen LogP contribution in [0.25, 0.3) is 0 Å². The molecule has 0 atom stereocenters. The standard InChI is InChI=1S/C13H15O4PS/c1-11(18(15)16-7-8-17-18)9-13(14)19-10-12-5-3-2-4-6-12/h2-6H,1,7-10H2. The maximum atomic E-state index is 12.0. The lowest BCUT2D eigenvalue weighted by Gasteiger charge is -2.11. The van der Waals surface area contributed by atoms with Gasteiger partial charge in [0.1, 0.15) is 0 Å². The topological polar surface area (TPSA) is 52.6 Å². The van der Waals surface area contributed by atoms with Crippen molar-refractivity contribution in [1.82, 2.24) is 0 Å². The highest BCUT2D eigenvalue weighted by Gasteiger charge is 2.34. The summed E-state index contributed by atoms with van der Waals surface area (Å²) in [5.41, 5.74) is 1.08. The lowest BCUT2D eigenvalue weighted by Crippen LogP contribution is -1.97. The Morgan fingerprint density at radius 1 is 1.26 bits per heavy atom. The van der Waals surface area contributed by atoms with Gasteiger partial charge < -0.3 is 9.05 Å². The molecule has 19 heavy (non-hydrogen) atoms. The summed E-state index contributed by atoms with van der Waals surface area (Å²) >= 11 is 1.18. The van der Waals surface area contributed by atoms with Crippen molar-refractivity contribution in [2.75, 3.05) is 13.2 Å². The molecule has 0 aliphatic carbocycles. The predicted molar refractivity (Wildman–Crippen MR) is 76.0 cm³/mol. The molecule has 1 aromatic rings. The second kappa shape index (κ2) is 6.53. The molecule has 1 aliphatic rings. The third-order valence-electron chi connectivity index (χ3n) is 2.58. The summed E-state index contributed by atoms with van der Waals surface area (Å²) in [5, 5.41) is 0.165. The predicted octanol–water partition coefficient (Wildman–Crippen LogP) is 3.59. The molecule has 0 saturated carbocycles. The number of carbonyl (C=O) groups excluding carboxylic acids is 1. The quantitative estimate of drug-likeness (QED) is 0.778. The van der Waals surface area contributed by atoms with Crippen LogP contribution in [-0.4, -0.2) is 18.3 Å². The molecular formula is C13H15O4PS. The molecule has 4 nitrogen and oxygen atoms in total. The highest BCUT2D eigenvalue weighted by Crippen LogP contribution is 2.59. The molecule has 1 fully saturated rings. The zero-order valence-corrected chi connectivity index (χ0v) is 12.1. The lowest BCUT2D eigenvalue weighted by molar-refractivity contribution is -0.110. The van der Waals surface area contributed by atoms with Crippen LogP contribution in [0, 0.1) is 0 Å². The SMILES string of the molecule is C=C(CC(=O)SCc1ccccc1)P1(=O)OCCO1. The molecule has 1 aliphatic heterocycles. The van der Waals surface area contributed by atoms with E-state index in [2.05, 4.69) is 6.58 Å². The molecule has 0 amide bonds. The first-order chi connectivity index (χ1) is 9.10. The largest absolute Gasteiger partial charge is 0.357 e. The first kappa shape index (κ1) is 14.5. The molecule has 102 valence electrons. The minimum absolute atomic E-state index is 0.0226. The summed E-state index contributed by atoms with van der Waals surface area (Å²) in [6.07, 6.45) is 0.0226. The number of allylic oxidation sites excluding steroid dienone is 1. The fourth-order valence-electron chi connectivity index (χ4n) is 1.59. The molecule has 0 radical (unpaired) electrons. The van der Waals surface area contributed by atoms with Crippen LogP contribution in [0.1, 0.15) is 12.0 Å². The van der Waals surface area contributed by atoms with Crippen LogP contribution >= 0.6 is 19.4 Å². The van der Waals surface area contributed by atoms with E-state index >= 15 is 0 Å². The smallest absolute Gasteiger partial charge is 0.303 e. The summed E-state index contributed by atoms with van der Waals surface area (Å²) in [7, 11) is -3.24. The number of carbonyl (C=O) groups is 1. The van der Waals surface area contributed by atoms with Crippen LogP contribution in [0.5, 0.6) is 0 Å². The van der Waals surface area contributed by atoms with Crippen molar-refractivity contribution in [3.63, 3.8) is 0 Å². The third-order valence-corrected chi connectivity index (χ3v) is 5.51.